The minimum Gasteiger partial charge on any atom is -0.321 e. The lowest BCUT2D eigenvalue weighted by Gasteiger charge is -2.32. The fraction of sp³-hybridized carbons (Fsp3) is 0.435. The van der Waals surface area contributed by atoms with Gasteiger partial charge in [-0.05, 0) is 58.4 Å². The quantitative estimate of drug-likeness (QED) is 0.285. The van der Waals surface area contributed by atoms with E-state index in [1.165, 1.54) is 17.8 Å². The van der Waals surface area contributed by atoms with Crippen molar-refractivity contribution >= 4 is 17.7 Å². The molecule has 0 aliphatic heterocycles. The third-order valence-corrected chi connectivity index (χ3v) is 5.58. The summed E-state index contributed by atoms with van der Waals surface area (Å²) >= 11 is 1.36. The Bertz CT molecular complexity index is 876. The van der Waals surface area contributed by atoms with Crippen LogP contribution in [-0.2, 0) is 9.88 Å². The minimum absolute atomic E-state index is 0.0663. The molecule has 0 radical (unpaired) electrons. The first kappa shape index (κ1) is 29.5. The Balaban J connectivity index is 0.00000466. The molecule has 0 unspecified atom stereocenters. The summed E-state index contributed by atoms with van der Waals surface area (Å²) in [5, 5.41) is 12.0. The van der Waals surface area contributed by atoms with Crippen molar-refractivity contribution in [2.24, 2.45) is 5.90 Å². The zero-order chi connectivity index (χ0) is 24.9. The number of nitrogens with zero attached hydrogens (tertiary/aromatic N) is 2. The minimum atomic E-state index is -1.06. The standard InChI is InChI=1S/C21H27FN4O3S.C2H6/c1-7-16(26-19(27)18-9-8-15(22)11-25-18)10-17(14(2)3)21(6,28-29-24)13-30-20(4,5)12-23;1-2/h7-11H,2,13,24H2,1,3-6H3,(H,26,27);1-2H3/b16-7+,17-10+;/t21-;/m0./s1. The van der Waals surface area contributed by atoms with E-state index in [2.05, 4.69) is 27.9 Å². The molecule has 9 heteroatoms. The van der Waals surface area contributed by atoms with Crippen molar-refractivity contribution in [1.82, 2.24) is 10.3 Å². The van der Waals surface area contributed by atoms with Crippen LogP contribution in [0.25, 0.3) is 0 Å². The summed E-state index contributed by atoms with van der Waals surface area (Å²) in [5.74, 6) is 4.47. The van der Waals surface area contributed by atoms with Gasteiger partial charge in [-0.25, -0.2) is 14.3 Å². The number of thioether (sulfide) groups is 1. The Kier molecular flexibility index (Phi) is 12.7. The van der Waals surface area contributed by atoms with Crippen LogP contribution in [0.5, 0.6) is 0 Å². The molecule has 1 atom stereocenters. The molecule has 1 amide bonds. The summed E-state index contributed by atoms with van der Waals surface area (Å²) in [6.45, 7) is 16.8. The molecule has 1 heterocycles. The second-order valence-electron chi connectivity index (χ2n) is 7.22. The first-order valence-corrected chi connectivity index (χ1v) is 11.0. The number of aromatic nitrogens is 1. The number of hydrogen-bond donors (Lipinski definition) is 2. The zero-order valence-corrected chi connectivity index (χ0v) is 20.6. The number of halogens is 1. The SMILES string of the molecule is C=C(C)/C(=C\C(=C/C)NC(=O)c1ccc(F)cn1)[C@](C)(CSC(C)(C)C#N)OON.CC. The molecule has 0 fully saturated rings. The van der Waals surface area contributed by atoms with Gasteiger partial charge >= 0.3 is 0 Å². The van der Waals surface area contributed by atoms with Crippen molar-refractivity contribution in [3.63, 3.8) is 0 Å². The molecule has 0 bridgehead atoms. The molecule has 1 aromatic rings. The molecule has 0 spiro atoms. The van der Waals surface area contributed by atoms with Gasteiger partial charge in [0.1, 0.15) is 17.1 Å². The molecule has 0 saturated heterocycles. The van der Waals surface area contributed by atoms with Crippen LogP contribution < -0.4 is 11.2 Å². The highest BCUT2D eigenvalue weighted by Crippen LogP contribution is 2.35. The summed E-state index contributed by atoms with van der Waals surface area (Å²) in [6, 6.07) is 4.66. The third-order valence-electron chi connectivity index (χ3n) is 4.07. The molecule has 0 aliphatic rings. The number of allylic oxidation sites excluding steroid dienone is 2. The molecule has 1 aromatic heterocycles. The van der Waals surface area contributed by atoms with Crippen LogP contribution in [-0.4, -0.2) is 27.0 Å². The highest BCUT2D eigenvalue weighted by molar-refractivity contribution is 8.00. The predicted molar refractivity (Wildman–Crippen MR) is 127 cm³/mol. The lowest BCUT2D eigenvalue weighted by atomic mass is 9.91. The van der Waals surface area contributed by atoms with Crippen LogP contribution in [0.2, 0.25) is 0 Å². The van der Waals surface area contributed by atoms with Gasteiger partial charge in [-0.3, -0.25) is 4.79 Å². The maximum absolute atomic E-state index is 13.0. The first-order chi connectivity index (χ1) is 15.0. The van der Waals surface area contributed by atoms with Gasteiger partial charge in [0, 0.05) is 11.4 Å². The van der Waals surface area contributed by atoms with E-state index in [0.29, 0.717) is 22.6 Å². The molecular weight excluding hydrogens is 431 g/mol. The summed E-state index contributed by atoms with van der Waals surface area (Å²) < 4.78 is 12.4. The van der Waals surface area contributed by atoms with Gasteiger partial charge in [0.2, 0.25) is 0 Å². The third kappa shape index (κ3) is 9.32. The number of nitriles is 1. The number of carbonyl (C=O) groups is 1. The average Bonchev–Trinajstić information content (AvgIpc) is 2.77. The normalized spacial score (nSPS) is 13.9. The van der Waals surface area contributed by atoms with Gasteiger partial charge < -0.3 is 5.32 Å². The van der Waals surface area contributed by atoms with Crippen molar-refractivity contribution in [3.8, 4) is 6.07 Å². The fourth-order valence-electron chi connectivity index (χ4n) is 2.38. The average molecular weight is 465 g/mol. The van der Waals surface area contributed by atoms with Crippen molar-refractivity contribution in [3.05, 3.63) is 65.4 Å². The van der Waals surface area contributed by atoms with E-state index in [4.69, 9.17) is 10.8 Å². The van der Waals surface area contributed by atoms with Gasteiger partial charge in [0.15, 0.2) is 0 Å². The summed E-state index contributed by atoms with van der Waals surface area (Å²) in [5.41, 5.74) is 0.706. The molecule has 1 rings (SSSR count). The molecule has 176 valence electrons. The molecule has 3 N–H and O–H groups in total. The van der Waals surface area contributed by atoms with Crippen molar-refractivity contribution in [1.29, 1.82) is 5.26 Å². The van der Waals surface area contributed by atoms with E-state index in [0.717, 1.165) is 12.3 Å². The maximum Gasteiger partial charge on any atom is 0.274 e. The van der Waals surface area contributed by atoms with Crippen molar-refractivity contribution < 1.29 is 19.1 Å². The molecule has 32 heavy (non-hydrogen) atoms. The number of carbonyl (C=O) groups excluding carboxylic acids is 1. The van der Waals surface area contributed by atoms with Crippen LogP contribution in [0.4, 0.5) is 4.39 Å². The molecule has 0 aromatic carbocycles. The molecule has 7 nitrogen and oxygen atoms in total. The van der Waals surface area contributed by atoms with Crippen molar-refractivity contribution in [2.45, 2.75) is 58.8 Å². The second-order valence-corrected chi connectivity index (χ2v) is 8.82. The second kappa shape index (κ2) is 13.8. The van der Waals surface area contributed by atoms with Gasteiger partial charge in [0.05, 0.1) is 17.0 Å². The maximum atomic E-state index is 13.0. The topological polar surface area (TPSA) is 110 Å². The number of nitrogens with two attached hydrogens (primary N) is 1. The Hall–Kier alpha value is -2.51. The van der Waals surface area contributed by atoms with E-state index in [1.54, 1.807) is 46.8 Å². The Morgan fingerprint density at radius 3 is 2.47 bits per heavy atom. The Morgan fingerprint density at radius 2 is 2.03 bits per heavy atom. The molecular formula is C23H33FN4O3S. The Labute approximate surface area is 194 Å². The number of hydrogen-bond acceptors (Lipinski definition) is 7. The Morgan fingerprint density at radius 1 is 1.41 bits per heavy atom. The lowest BCUT2D eigenvalue weighted by Crippen LogP contribution is -2.38. The fourth-order valence-corrected chi connectivity index (χ4v) is 3.29. The summed E-state index contributed by atoms with van der Waals surface area (Å²) in [6.07, 6.45) is 4.33. The van der Waals surface area contributed by atoms with Crippen LogP contribution in [0.3, 0.4) is 0 Å². The van der Waals surface area contributed by atoms with Gasteiger partial charge in [0.25, 0.3) is 5.91 Å². The highest BCUT2D eigenvalue weighted by Gasteiger charge is 2.35. The summed E-state index contributed by atoms with van der Waals surface area (Å²) in [4.78, 5) is 26.1. The van der Waals surface area contributed by atoms with Crippen molar-refractivity contribution in [2.75, 3.05) is 5.75 Å². The number of amides is 1. The largest absolute Gasteiger partial charge is 0.321 e. The molecule has 0 saturated carbocycles. The number of rotatable bonds is 10. The van der Waals surface area contributed by atoms with Crippen LogP contribution >= 0.6 is 11.8 Å². The van der Waals surface area contributed by atoms with Crippen LogP contribution in [0.1, 0.15) is 59.0 Å². The van der Waals surface area contributed by atoms with E-state index in [-0.39, 0.29) is 5.69 Å². The van der Waals surface area contributed by atoms with Crippen LogP contribution in [0, 0.1) is 17.1 Å². The molecule has 0 aliphatic carbocycles. The zero-order valence-electron chi connectivity index (χ0n) is 19.8. The monoisotopic (exact) mass is 464 g/mol. The summed E-state index contributed by atoms with van der Waals surface area (Å²) in [7, 11) is 0. The van der Waals surface area contributed by atoms with Gasteiger partial charge in [-0.1, -0.05) is 32.1 Å². The predicted octanol–water partition coefficient (Wildman–Crippen LogP) is 5.00. The van der Waals surface area contributed by atoms with Gasteiger partial charge in [-0.15, -0.1) is 16.8 Å². The lowest BCUT2D eigenvalue weighted by molar-refractivity contribution is -0.345. The van der Waals surface area contributed by atoms with E-state index in [9.17, 15) is 14.4 Å². The highest BCUT2D eigenvalue weighted by atomic mass is 32.2. The first-order valence-electron chi connectivity index (χ1n) is 10.0. The number of pyridine rings is 1. The van der Waals surface area contributed by atoms with Crippen LogP contribution in [0.15, 0.2) is 53.9 Å². The smallest absolute Gasteiger partial charge is 0.274 e. The van der Waals surface area contributed by atoms with Gasteiger partial charge in [-0.2, -0.15) is 11.2 Å². The van der Waals surface area contributed by atoms with E-state index < -0.39 is 22.1 Å². The number of nitrogens with one attached hydrogen (secondary N) is 1. The van der Waals surface area contributed by atoms with E-state index >= 15 is 0 Å². The van der Waals surface area contributed by atoms with E-state index in [1.807, 2.05) is 13.8 Å².